The molecule has 1 amide bonds. The summed E-state index contributed by atoms with van der Waals surface area (Å²) < 4.78 is 5.20. The maximum absolute atomic E-state index is 12.2. The van der Waals surface area contributed by atoms with Crippen molar-refractivity contribution in [3.8, 4) is 0 Å². The first kappa shape index (κ1) is 15.2. The highest BCUT2D eigenvalue weighted by Gasteiger charge is 2.22. The number of nitrogens with zero attached hydrogens (tertiary/aromatic N) is 2. The van der Waals surface area contributed by atoms with Crippen LogP contribution in [0.3, 0.4) is 0 Å². The summed E-state index contributed by atoms with van der Waals surface area (Å²) in [5.41, 5.74) is 2.09. The third-order valence-corrected chi connectivity index (χ3v) is 4.82. The van der Waals surface area contributed by atoms with Crippen molar-refractivity contribution in [1.29, 1.82) is 0 Å². The zero-order chi connectivity index (χ0) is 15.7. The molecule has 22 heavy (non-hydrogen) atoms. The Labute approximate surface area is 134 Å². The Morgan fingerprint density at radius 3 is 3.05 bits per heavy atom. The molecule has 118 valence electrons. The lowest BCUT2D eigenvalue weighted by molar-refractivity contribution is -0.117. The molecule has 0 unspecified atom stereocenters. The normalized spacial score (nSPS) is 15.6. The van der Waals surface area contributed by atoms with Crippen LogP contribution in [-0.2, 0) is 23.2 Å². The van der Waals surface area contributed by atoms with Crippen LogP contribution in [0.5, 0.6) is 0 Å². The number of nitrogens with one attached hydrogen (secondary N) is 1. The summed E-state index contributed by atoms with van der Waals surface area (Å²) in [6.45, 7) is 8.31. The van der Waals surface area contributed by atoms with E-state index in [1.54, 1.807) is 17.4 Å². The van der Waals surface area contributed by atoms with Gasteiger partial charge in [0, 0.05) is 29.4 Å². The lowest BCUT2D eigenvalue weighted by atomic mass is 9.92. The molecule has 0 atom stereocenters. The molecule has 0 saturated heterocycles. The quantitative estimate of drug-likeness (QED) is 0.945. The summed E-state index contributed by atoms with van der Waals surface area (Å²) in [5.74, 6) is 0.360. The summed E-state index contributed by atoms with van der Waals surface area (Å²) >= 11 is 1.80. The van der Waals surface area contributed by atoms with Crippen LogP contribution in [0.25, 0.3) is 0 Å². The number of thiophene rings is 1. The Balaban J connectivity index is 1.56. The minimum atomic E-state index is -0.0886. The second-order valence-electron chi connectivity index (χ2n) is 6.70. The maximum Gasteiger partial charge on any atom is 0.240 e. The van der Waals surface area contributed by atoms with Crippen molar-refractivity contribution in [3.63, 3.8) is 0 Å². The van der Waals surface area contributed by atoms with Crippen molar-refractivity contribution >= 4 is 23.1 Å². The van der Waals surface area contributed by atoms with Gasteiger partial charge in [-0.05, 0) is 23.4 Å². The highest BCUT2D eigenvalue weighted by atomic mass is 32.1. The largest absolute Gasteiger partial charge is 0.338 e. The number of hydrogen-bond donors (Lipinski definition) is 1. The van der Waals surface area contributed by atoms with Gasteiger partial charge < -0.3 is 4.52 Å². The highest BCUT2D eigenvalue weighted by molar-refractivity contribution is 7.10. The zero-order valence-corrected chi connectivity index (χ0v) is 14.0. The molecule has 2 aromatic heterocycles. The van der Waals surface area contributed by atoms with Crippen LogP contribution < -0.4 is 5.32 Å². The Morgan fingerprint density at radius 2 is 2.32 bits per heavy atom. The number of fused-ring (bicyclic) bond motifs is 1. The molecule has 0 aromatic carbocycles. The minimum absolute atomic E-state index is 0.0599. The molecule has 0 aliphatic carbocycles. The van der Waals surface area contributed by atoms with E-state index in [-0.39, 0.29) is 11.3 Å². The van der Waals surface area contributed by atoms with Crippen molar-refractivity contribution in [2.45, 2.75) is 39.2 Å². The van der Waals surface area contributed by atoms with Crippen LogP contribution in [0.2, 0.25) is 0 Å². The van der Waals surface area contributed by atoms with Crippen LogP contribution in [0.15, 0.2) is 22.0 Å². The first-order chi connectivity index (χ1) is 10.4. The van der Waals surface area contributed by atoms with Crippen molar-refractivity contribution in [2.75, 3.05) is 18.4 Å². The molecule has 6 heteroatoms. The maximum atomic E-state index is 12.2. The summed E-state index contributed by atoms with van der Waals surface area (Å²) in [6, 6.07) is 3.95. The fourth-order valence-electron chi connectivity index (χ4n) is 2.51. The lowest BCUT2D eigenvalue weighted by Crippen LogP contribution is -2.36. The molecular weight excluding hydrogens is 298 g/mol. The van der Waals surface area contributed by atoms with E-state index in [2.05, 4.69) is 47.6 Å². The predicted molar refractivity (Wildman–Crippen MR) is 87.1 cm³/mol. The smallest absolute Gasteiger partial charge is 0.240 e. The molecule has 0 bridgehead atoms. The van der Waals surface area contributed by atoms with E-state index in [0.717, 1.165) is 25.2 Å². The SMILES string of the molecule is CC(C)(C)c1cc(NC(=O)CN2CCc3sccc3C2)on1. The van der Waals surface area contributed by atoms with Gasteiger partial charge in [-0.25, -0.2) is 0 Å². The van der Waals surface area contributed by atoms with E-state index < -0.39 is 0 Å². The number of carbonyl (C=O) groups is 1. The van der Waals surface area contributed by atoms with Crippen LogP contribution >= 0.6 is 11.3 Å². The molecule has 1 aliphatic rings. The van der Waals surface area contributed by atoms with Crippen LogP contribution in [-0.4, -0.2) is 29.1 Å². The second-order valence-corrected chi connectivity index (χ2v) is 7.70. The van der Waals surface area contributed by atoms with Gasteiger partial charge in [0.15, 0.2) is 0 Å². The van der Waals surface area contributed by atoms with E-state index in [1.165, 1.54) is 10.4 Å². The number of hydrogen-bond acceptors (Lipinski definition) is 5. The number of carbonyl (C=O) groups excluding carboxylic acids is 1. The molecule has 5 nitrogen and oxygen atoms in total. The molecule has 1 N–H and O–H groups in total. The average molecular weight is 319 g/mol. The second kappa shape index (κ2) is 5.85. The van der Waals surface area contributed by atoms with Crippen LogP contribution in [0.1, 0.15) is 36.9 Å². The summed E-state index contributed by atoms with van der Waals surface area (Å²) in [4.78, 5) is 15.8. The van der Waals surface area contributed by atoms with Crippen molar-refractivity contribution in [3.05, 3.63) is 33.6 Å². The van der Waals surface area contributed by atoms with Crippen molar-refractivity contribution in [1.82, 2.24) is 10.1 Å². The van der Waals surface area contributed by atoms with E-state index in [1.807, 2.05) is 0 Å². The van der Waals surface area contributed by atoms with Gasteiger partial charge in [0.05, 0.1) is 12.2 Å². The van der Waals surface area contributed by atoms with Gasteiger partial charge in [-0.1, -0.05) is 25.9 Å². The zero-order valence-electron chi connectivity index (χ0n) is 13.2. The summed E-state index contributed by atoms with van der Waals surface area (Å²) in [5, 5.41) is 8.92. The Morgan fingerprint density at radius 1 is 1.50 bits per heavy atom. The topological polar surface area (TPSA) is 58.4 Å². The van der Waals surface area contributed by atoms with Crippen molar-refractivity contribution in [2.24, 2.45) is 0 Å². The standard InChI is InChI=1S/C16H21N3O2S/c1-16(2,3)13-8-15(21-18-13)17-14(20)10-19-6-4-12-11(9-19)5-7-22-12/h5,7-8H,4,6,9-10H2,1-3H3,(H,17,20). The van der Waals surface area contributed by atoms with Gasteiger partial charge in [0.1, 0.15) is 0 Å². The van der Waals surface area contributed by atoms with Gasteiger partial charge in [-0.2, -0.15) is 0 Å². The molecule has 3 heterocycles. The molecule has 0 fully saturated rings. The number of amides is 1. The summed E-state index contributed by atoms with van der Waals surface area (Å²) in [7, 11) is 0. The molecule has 0 saturated carbocycles. The molecule has 3 rings (SSSR count). The van der Waals surface area contributed by atoms with E-state index in [0.29, 0.717) is 12.4 Å². The van der Waals surface area contributed by atoms with Gasteiger partial charge in [0.2, 0.25) is 11.8 Å². The Kier molecular flexibility index (Phi) is 4.06. The Bertz CT molecular complexity index is 669. The molecule has 0 radical (unpaired) electrons. The van der Waals surface area contributed by atoms with Gasteiger partial charge in [0.25, 0.3) is 0 Å². The lowest BCUT2D eigenvalue weighted by Gasteiger charge is -2.25. The summed E-state index contributed by atoms with van der Waals surface area (Å²) in [6.07, 6.45) is 1.02. The predicted octanol–water partition coefficient (Wildman–Crippen LogP) is 3.03. The van der Waals surface area contributed by atoms with Crippen molar-refractivity contribution < 1.29 is 9.32 Å². The van der Waals surface area contributed by atoms with E-state index in [9.17, 15) is 4.79 Å². The van der Waals surface area contributed by atoms with Crippen LogP contribution in [0.4, 0.5) is 5.88 Å². The van der Waals surface area contributed by atoms with Gasteiger partial charge >= 0.3 is 0 Å². The highest BCUT2D eigenvalue weighted by Crippen LogP contribution is 2.25. The first-order valence-corrected chi connectivity index (χ1v) is 8.34. The average Bonchev–Trinajstić information content (AvgIpc) is 3.05. The number of aromatic nitrogens is 1. The monoisotopic (exact) mass is 319 g/mol. The van der Waals surface area contributed by atoms with Crippen LogP contribution in [0, 0.1) is 0 Å². The fraction of sp³-hybridized carbons (Fsp3) is 0.500. The first-order valence-electron chi connectivity index (χ1n) is 7.46. The fourth-order valence-corrected chi connectivity index (χ4v) is 3.40. The number of rotatable bonds is 3. The molecular formula is C16H21N3O2S. The third-order valence-electron chi connectivity index (χ3n) is 3.80. The molecule has 1 aliphatic heterocycles. The van der Waals surface area contributed by atoms with Gasteiger partial charge in [-0.15, -0.1) is 11.3 Å². The minimum Gasteiger partial charge on any atom is -0.338 e. The van der Waals surface area contributed by atoms with E-state index >= 15 is 0 Å². The molecule has 2 aromatic rings. The third kappa shape index (κ3) is 3.39. The number of anilines is 1. The van der Waals surface area contributed by atoms with E-state index in [4.69, 9.17) is 4.52 Å². The van der Waals surface area contributed by atoms with Gasteiger partial charge in [-0.3, -0.25) is 15.0 Å². The Hall–Kier alpha value is -1.66. The molecule has 0 spiro atoms.